The van der Waals surface area contributed by atoms with Gasteiger partial charge in [0.05, 0.1) is 21.7 Å². The van der Waals surface area contributed by atoms with Crippen LogP contribution in [0.2, 0.25) is 5.02 Å². The van der Waals surface area contributed by atoms with Crippen molar-refractivity contribution in [3.8, 4) is 0 Å². The zero-order valence-corrected chi connectivity index (χ0v) is 15.0. The number of carbonyl (C=O) groups excluding carboxylic acids is 1. The first kappa shape index (κ1) is 16.4. The lowest BCUT2D eigenvalue weighted by atomic mass is 9.64. The molecule has 1 heterocycles. The molecule has 0 aromatic heterocycles. The summed E-state index contributed by atoms with van der Waals surface area (Å²) >= 11 is 6.47. The summed E-state index contributed by atoms with van der Waals surface area (Å²) < 4.78 is 25.7. The quantitative estimate of drug-likeness (QED) is 0.718. The molecule has 3 aliphatic rings. The third-order valence-corrected chi connectivity index (χ3v) is 6.96. The normalized spacial score (nSPS) is 23.8. The highest BCUT2D eigenvalue weighted by atomic mass is 35.5. The number of rotatable bonds is 3. The lowest BCUT2D eigenvalue weighted by Gasteiger charge is -2.39. The Kier molecular flexibility index (Phi) is 3.90. The molecule has 5 nitrogen and oxygen atoms in total. The molecule has 0 saturated heterocycles. The number of thiol groups is 1. The van der Waals surface area contributed by atoms with E-state index in [9.17, 15) is 13.2 Å². The summed E-state index contributed by atoms with van der Waals surface area (Å²) in [5, 5.41) is 3.44. The van der Waals surface area contributed by atoms with Crippen molar-refractivity contribution >= 4 is 34.1 Å². The fourth-order valence-corrected chi connectivity index (χ4v) is 5.53. The molecule has 1 spiro atoms. The second-order valence-corrected chi connectivity index (χ2v) is 8.43. The molecule has 130 valence electrons. The number of benzene rings is 1. The van der Waals surface area contributed by atoms with E-state index >= 15 is 0 Å². The molecule has 2 N–H and O–H groups in total. The Morgan fingerprint density at radius 2 is 1.75 bits per heavy atom. The van der Waals surface area contributed by atoms with Gasteiger partial charge < -0.3 is 5.32 Å². The van der Waals surface area contributed by atoms with Crippen LogP contribution in [0.5, 0.6) is 0 Å². The van der Waals surface area contributed by atoms with Crippen LogP contribution < -0.4 is 10.0 Å². The van der Waals surface area contributed by atoms with Gasteiger partial charge in [0, 0.05) is 0 Å². The second-order valence-electron chi connectivity index (χ2n) is 7.28. The second kappa shape index (κ2) is 5.71. The van der Waals surface area contributed by atoms with Crippen molar-refractivity contribution in [2.75, 3.05) is 5.32 Å². The predicted molar refractivity (Wildman–Crippen MR) is 93.8 cm³/mol. The van der Waals surface area contributed by atoms with Gasteiger partial charge in [-0.2, -0.15) is 0 Å². The van der Waals surface area contributed by atoms with Gasteiger partial charge in [-0.1, -0.05) is 43.4 Å². The molecule has 0 unspecified atom stereocenters. The van der Waals surface area contributed by atoms with Crippen LogP contribution in [0.3, 0.4) is 0 Å². The number of nitrogens with one attached hydrogen (secondary N) is 2. The SMILES string of the molecule is O=C1Nc2c(Cl)cc(C3(N[SH](=O)=O)CCCCC3)cc2C12CCC2. The monoisotopic (exact) mass is 368 g/mol. The van der Waals surface area contributed by atoms with E-state index in [1.165, 1.54) is 0 Å². The van der Waals surface area contributed by atoms with Gasteiger partial charge in [-0.05, 0) is 42.9 Å². The Morgan fingerprint density at radius 3 is 2.33 bits per heavy atom. The Morgan fingerprint density at radius 1 is 1.04 bits per heavy atom. The predicted octanol–water partition coefficient (Wildman–Crippen LogP) is 2.99. The number of amides is 1. The Labute approximate surface area is 148 Å². The highest BCUT2D eigenvalue weighted by Crippen LogP contribution is 2.54. The largest absolute Gasteiger partial charge is 0.324 e. The molecule has 2 aliphatic carbocycles. The Bertz CT molecular complexity index is 772. The first-order valence-electron chi connectivity index (χ1n) is 8.55. The molecular weight excluding hydrogens is 348 g/mol. The summed E-state index contributed by atoms with van der Waals surface area (Å²) in [6.07, 6.45) is 7.30. The van der Waals surface area contributed by atoms with E-state index in [1.54, 1.807) is 0 Å². The molecule has 2 saturated carbocycles. The van der Waals surface area contributed by atoms with Gasteiger partial charge in [0.2, 0.25) is 16.8 Å². The summed E-state index contributed by atoms with van der Waals surface area (Å²) in [4.78, 5) is 12.5. The average molecular weight is 369 g/mol. The third-order valence-electron chi connectivity index (χ3n) is 6.05. The number of fused-ring (bicyclic) bond motifs is 2. The van der Waals surface area contributed by atoms with Crippen molar-refractivity contribution < 1.29 is 13.2 Å². The molecule has 1 amide bonds. The van der Waals surface area contributed by atoms with Crippen molar-refractivity contribution in [1.29, 1.82) is 0 Å². The topological polar surface area (TPSA) is 75.3 Å². The number of halogens is 1. The van der Waals surface area contributed by atoms with E-state index in [1.807, 2.05) is 12.1 Å². The zero-order chi connectivity index (χ0) is 16.9. The molecule has 1 aromatic carbocycles. The van der Waals surface area contributed by atoms with Crippen LogP contribution >= 0.6 is 11.6 Å². The molecule has 0 atom stereocenters. The first-order chi connectivity index (χ1) is 11.5. The highest BCUT2D eigenvalue weighted by Gasteiger charge is 2.52. The van der Waals surface area contributed by atoms with E-state index in [0.29, 0.717) is 10.7 Å². The Balaban J connectivity index is 1.84. The fourth-order valence-electron chi connectivity index (χ4n) is 4.56. The molecule has 4 rings (SSSR count). The van der Waals surface area contributed by atoms with Crippen molar-refractivity contribution in [2.24, 2.45) is 0 Å². The van der Waals surface area contributed by atoms with Gasteiger partial charge in [0.15, 0.2) is 0 Å². The number of hydrogen-bond acceptors (Lipinski definition) is 3. The zero-order valence-electron chi connectivity index (χ0n) is 13.4. The maximum Gasteiger partial charge on any atom is 0.235 e. The van der Waals surface area contributed by atoms with Crippen LogP contribution in [0.1, 0.15) is 62.5 Å². The van der Waals surface area contributed by atoms with E-state index in [4.69, 9.17) is 11.6 Å². The molecule has 7 heteroatoms. The summed E-state index contributed by atoms with van der Waals surface area (Å²) in [5.74, 6) is 0.0309. The van der Waals surface area contributed by atoms with Gasteiger partial charge in [0.25, 0.3) is 0 Å². The number of hydrogen-bond donors (Lipinski definition) is 3. The summed E-state index contributed by atoms with van der Waals surface area (Å²) in [5.41, 5.74) is 1.51. The smallest absolute Gasteiger partial charge is 0.235 e. The minimum atomic E-state index is -2.71. The van der Waals surface area contributed by atoms with E-state index in [-0.39, 0.29) is 5.91 Å². The minimum absolute atomic E-state index is 0.0309. The van der Waals surface area contributed by atoms with Crippen LogP contribution in [-0.4, -0.2) is 14.3 Å². The van der Waals surface area contributed by atoms with Crippen molar-refractivity contribution in [3.05, 3.63) is 28.3 Å². The van der Waals surface area contributed by atoms with Crippen LogP contribution in [-0.2, 0) is 26.6 Å². The summed E-state index contributed by atoms with van der Waals surface area (Å²) in [7, 11) is -2.71. The molecule has 0 radical (unpaired) electrons. The van der Waals surface area contributed by atoms with Crippen LogP contribution in [0.15, 0.2) is 12.1 Å². The van der Waals surface area contributed by atoms with Gasteiger partial charge in [0.1, 0.15) is 0 Å². The van der Waals surface area contributed by atoms with E-state index < -0.39 is 21.8 Å². The van der Waals surface area contributed by atoms with E-state index in [0.717, 1.165) is 62.5 Å². The molecule has 2 fully saturated rings. The number of anilines is 1. The minimum Gasteiger partial charge on any atom is -0.324 e. The molecular formula is C17H21ClN2O3S. The van der Waals surface area contributed by atoms with Crippen molar-refractivity contribution in [3.63, 3.8) is 0 Å². The number of carbonyl (C=O) groups is 1. The summed E-state index contributed by atoms with van der Waals surface area (Å²) in [6, 6.07) is 3.85. The van der Waals surface area contributed by atoms with Gasteiger partial charge in [-0.3, -0.25) is 4.79 Å². The molecule has 0 bridgehead atoms. The molecule has 1 aliphatic heterocycles. The van der Waals surface area contributed by atoms with Gasteiger partial charge >= 0.3 is 0 Å². The average Bonchev–Trinajstić information content (AvgIpc) is 2.80. The van der Waals surface area contributed by atoms with Gasteiger partial charge in [-0.25, -0.2) is 13.1 Å². The van der Waals surface area contributed by atoms with Crippen LogP contribution in [0, 0.1) is 0 Å². The van der Waals surface area contributed by atoms with Crippen molar-refractivity contribution in [1.82, 2.24) is 4.72 Å². The molecule has 24 heavy (non-hydrogen) atoms. The van der Waals surface area contributed by atoms with Gasteiger partial charge in [-0.15, -0.1) is 0 Å². The Hall–Kier alpha value is -1.11. The standard InChI is InChI=1S/C17H21ClN2O3S/c18-13-10-11(17(20-24(22)23)7-2-1-3-8-17)9-12-14(13)19-15(21)16(12)5-4-6-16/h9-10,24H,1-8H2,(H,19,21)(H,20,22,23). The van der Waals surface area contributed by atoms with Crippen LogP contribution in [0.25, 0.3) is 0 Å². The maximum atomic E-state index is 12.5. The van der Waals surface area contributed by atoms with E-state index in [2.05, 4.69) is 10.0 Å². The summed E-state index contributed by atoms with van der Waals surface area (Å²) in [6.45, 7) is 0. The maximum absolute atomic E-state index is 12.5. The highest BCUT2D eigenvalue weighted by molar-refractivity contribution is 7.70. The lowest BCUT2D eigenvalue weighted by Crippen LogP contribution is -2.44. The molecule has 1 aromatic rings. The fraction of sp³-hybridized carbons (Fsp3) is 0.588. The third kappa shape index (κ3) is 2.30. The van der Waals surface area contributed by atoms with Crippen LogP contribution in [0.4, 0.5) is 5.69 Å². The first-order valence-corrected chi connectivity index (χ1v) is 10.1. The van der Waals surface area contributed by atoms with Crippen molar-refractivity contribution in [2.45, 2.75) is 62.3 Å². The lowest BCUT2D eigenvalue weighted by molar-refractivity contribution is -0.123.